The second-order valence-corrected chi connectivity index (χ2v) is 4.68. The van der Waals surface area contributed by atoms with Gasteiger partial charge in [0.2, 0.25) is 0 Å². The molecular formula is C16H15FO3. The molecule has 0 aliphatic rings. The van der Waals surface area contributed by atoms with Gasteiger partial charge in [-0.2, -0.15) is 0 Å². The van der Waals surface area contributed by atoms with E-state index < -0.39 is 5.82 Å². The normalized spacial score (nSPS) is 10.6. The molecule has 4 heteroatoms. The third-order valence-corrected chi connectivity index (χ3v) is 2.69. The van der Waals surface area contributed by atoms with E-state index in [4.69, 9.17) is 4.74 Å². The van der Waals surface area contributed by atoms with Crippen LogP contribution in [0.15, 0.2) is 42.5 Å². The third-order valence-electron chi connectivity index (χ3n) is 2.69. The largest absolute Gasteiger partial charge is 0.507 e. The van der Waals surface area contributed by atoms with Gasteiger partial charge in [0.1, 0.15) is 17.3 Å². The molecule has 0 amide bonds. The zero-order valence-electron chi connectivity index (χ0n) is 11.3. The molecule has 104 valence electrons. The Labute approximate surface area is 116 Å². The van der Waals surface area contributed by atoms with Gasteiger partial charge < -0.3 is 9.84 Å². The number of benzene rings is 2. The van der Waals surface area contributed by atoms with Crippen molar-refractivity contribution in [2.24, 2.45) is 0 Å². The van der Waals surface area contributed by atoms with Gasteiger partial charge in [-0.25, -0.2) is 4.39 Å². The Bertz CT molecular complexity index is 618. The maximum atomic E-state index is 12.9. The lowest BCUT2D eigenvalue weighted by atomic mass is 10.0. The van der Waals surface area contributed by atoms with Gasteiger partial charge in [0, 0.05) is 5.56 Å². The summed E-state index contributed by atoms with van der Waals surface area (Å²) in [6, 6.07) is 9.67. The second kappa shape index (κ2) is 5.74. The predicted octanol–water partition coefficient (Wildman–Crippen LogP) is 3.55. The van der Waals surface area contributed by atoms with E-state index in [0.29, 0.717) is 11.3 Å². The van der Waals surface area contributed by atoms with Gasteiger partial charge in [-0.1, -0.05) is 0 Å². The van der Waals surface area contributed by atoms with Crippen molar-refractivity contribution in [3.05, 3.63) is 59.4 Å². The first-order valence-electron chi connectivity index (χ1n) is 6.27. The molecule has 0 bridgehead atoms. The average molecular weight is 274 g/mol. The van der Waals surface area contributed by atoms with E-state index in [9.17, 15) is 14.3 Å². The summed E-state index contributed by atoms with van der Waals surface area (Å²) in [5.41, 5.74) is 0.443. The molecule has 3 nitrogen and oxygen atoms in total. The van der Waals surface area contributed by atoms with Gasteiger partial charge in [-0.05, 0) is 56.3 Å². The minimum absolute atomic E-state index is 0.0340. The molecule has 0 atom stereocenters. The van der Waals surface area contributed by atoms with Crippen LogP contribution in [-0.4, -0.2) is 17.0 Å². The molecule has 0 radical (unpaired) electrons. The van der Waals surface area contributed by atoms with Gasteiger partial charge in [0.25, 0.3) is 0 Å². The maximum Gasteiger partial charge on any atom is 0.196 e. The highest BCUT2D eigenvalue weighted by Gasteiger charge is 2.15. The maximum absolute atomic E-state index is 12.9. The highest BCUT2D eigenvalue weighted by Crippen LogP contribution is 2.26. The Kier molecular flexibility index (Phi) is 4.03. The zero-order valence-corrected chi connectivity index (χ0v) is 11.3. The lowest BCUT2D eigenvalue weighted by Crippen LogP contribution is -2.07. The number of ether oxygens (including phenoxy) is 1. The van der Waals surface area contributed by atoms with Crippen molar-refractivity contribution in [3.8, 4) is 11.5 Å². The lowest BCUT2D eigenvalue weighted by Gasteiger charge is -2.11. The highest BCUT2D eigenvalue weighted by molar-refractivity contribution is 6.10. The second-order valence-electron chi connectivity index (χ2n) is 4.68. The van der Waals surface area contributed by atoms with Crippen molar-refractivity contribution in [1.29, 1.82) is 0 Å². The number of aromatic hydroxyl groups is 1. The van der Waals surface area contributed by atoms with E-state index in [-0.39, 0.29) is 23.2 Å². The summed E-state index contributed by atoms with van der Waals surface area (Å²) in [5, 5.41) is 9.80. The van der Waals surface area contributed by atoms with Crippen LogP contribution in [0.2, 0.25) is 0 Å². The molecule has 20 heavy (non-hydrogen) atoms. The van der Waals surface area contributed by atoms with Crippen molar-refractivity contribution in [1.82, 2.24) is 0 Å². The molecule has 0 heterocycles. The monoisotopic (exact) mass is 274 g/mol. The van der Waals surface area contributed by atoms with Gasteiger partial charge >= 0.3 is 0 Å². The summed E-state index contributed by atoms with van der Waals surface area (Å²) in [6.45, 7) is 3.74. The Morgan fingerprint density at radius 2 is 1.80 bits per heavy atom. The lowest BCUT2D eigenvalue weighted by molar-refractivity contribution is 0.103. The first-order valence-corrected chi connectivity index (χ1v) is 6.27. The quantitative estimate of drug-likeness (QED) is 0.867. The average Bonchev–Trinajstić information content (AvgIpc) is 2.40. The van der Waals surface area contributed by atoms with Gasteiger partial charge in [0.15, 0.2) is 5.78 Å². The first kappa shape index (κ1) is 14.1. The number of rotatable bonds is 4. The van der Waals surface area contributed by atoms with E-state index >= 15 is 0 Å². The minimum atomic E-state index is -0.414. The number of hydrogen-bond acceptors (Lipinski definition) is 3. The molecule has 0 aliphatic carbocycles. The van der Waals surface area contributed by atoms with E-state index in [2.05, 4.69) is 0 Å². The Morgan fingerprint density at radius 1 is 1.15 bits per heavy atom. The van der Waals surface area contributed by atoms with Crippen molar-refractivity contribution in [2.75, 3.05) is 0 Å². The highest BCUT2D eigenvalue weighted by atomic mass is 19.1. The van der Waals surface area contributed by atoms with Crippen LogP contribution in [0.5, 0.6) is 11.5 Å². The number of carbonyl (C=O) groups is 1. The SMILES string of the molecule is CC(C)Oc1ccc(O)c(C(=O)c2ccc(F)cc2)c1. The summed E-state index contributed by atoms with van der Waals surface area (Å²) in [7, 11) is 0. The standard InChI is InChI=1S/C16H15FO3/c1-10(2)20-13-7-8-15(18)14(9-13)16(19)11-3-5-12(17)6-4-11/h3-10,18H,1-2H3. The van der Waals surface area contributed by atoms with E-state index in [1.165, 1.54) is 36.4 Å². The number of ketones is 1. The number of phenols is 1. The van der Waals surface area contributed by atoms with Crippen molar-refractivity contribution in [2.45, 2.75) is 20.0 Å². The van der Waals surface area contributed by atoms with E-state index in [1.54, 1.807) is 6.07 Å². The smallest absolute Gasteiger partial charge is 0.196 e. The molecule has 0 fully saturated rings. The molecule has 2 rings (SSSR count). The van der Waals surface area contributed by atoms with Crippen LogP contribution in [0.25, 0.3) is 0 Å². The molecule has 2 aromatic carbocycles. The summed E-state index contributed by atoms with van der Waals surface area (Å²) in [4.78, 5) is 12.3. The van der Waals surface area contributed by atoms with Crippen molar-refractivity contribution < 1.29 is 19.0 Å². The van der Waals surface area contributed by atoms with Crippen LogP contribution in [-0.2, 0) is 0 Å². The summed E-state index contributed by atoms with van der Waals surface area (Å²) >= 11 is 0. The molecule has 0 aromatic heterocycles. The Balaban J connectivity index is 2.35. The van der Waals surface area contributed by atoms with Crippen LogP contribution >= 0.6 is 0 Å². The molecule has 1 N–H and O–H groups in total. The summed E-state index contributed by atoms with van der Waals surface area (Å²) < 4.78 is 18.4. The Hall–Kier alpha value is -2.36. The third kappa shape index (κ3) is 3.15. The molecule has 0 unspecified atom stereocenters. The number of halogens is 1. The molecule has 0 saturated heterocycles. The zero-order chi connectivity index (χ0) is 14.7. The van der Waals surface area contributed by atoms with Crippen LogP contribution in [0.3, 0.4) is 0 Å². The summed E-state index contributed by atoms with van der Waals surface area (Å²) in [5.74, 6) is -0.418. The van der Waals surface area contributed by atoms with Crippen LogP contribution < -0.4 is 4.74 Å². The van der Waals surface area contributed by atoms with Crippen LogP contribution in [0.1, 0.15) is 29.8 Å². The van der Waals surface area contributed by atoms with Gasteiger partial charge in [0.05, 0.1) is 11.7 Å². The fourth-order valence-electron chi connectivity index (χ4n) is 1.80. The van der Waals surface area contributed by atoms with E-state index in [1.807, 2.05) is 13.8 Å². The van der Waals surface area contributed by atoms with Gasteiger partial charge in [-0.3, -0.25) is 4.79 Å². The Morgan fingerprint density at radius 3 is 2.40 bits per heavy atom. The first-order chi connectivity index (χ1) is 9.47. The molecule has 0 spiro atoms. The van der Waals surface area contributed by atoms with Crippen LogP contribution in [0, 0.1) is 5.82 Å². The fraction of sp³-hybridized carbons (Fsp3) is 0.188. The fourth-order valence-corrected chi connectivity index (χ4v) is 1.80. The number of carbonyl (C=O) groups excluding carboxylic acids is 1. The van der Waals surface area contributed by atoms with Crippen LogP contribution in [0.4, 0.5) is 4.39 Å². The topological polar surface area (TPSA) is 46.5 Å². The number of hydrogen-bond donors (Lipinski definition) is 1. The van der Waals surface area contributed by atoms with E-state index in [0.717, 1.165) is 0 Å². The minimum Gasteiger partial charge on any atom is -0.507 e. The number of phenolic OH excluding ortho intramolecular Hbond substituents is 1. The van der Waals surface area contributed by atoms with Crippen molar-refractivity contribution >= 4 is 5.78 Å². The van der Waals surface area contributed by atoms with Gasteiger partial charge in [-0.15, -0.1) is 0 Å². The molecule has 2 aromatic rings. The summed E-state index contributed by atoms with van der Waals surface area (Å²) in [6.07, 6.45) is -0.0340. The molecule has 0 aliphatic heterocycles. The molecule has 0 saturated carbocycles. The van der Waals surface area contributed by atoms with Crippen molar-refractivity contribution in [3.63, 3.8) is 0 Å². The molecular weight excluding hydrogens is 259 g/mol. The predicted molar refractivity (Wildman–Crippen MR) is 73.7 cm³/mol.